The van der Waals surface area contributed by atoms with Crippen LogP contribution in [-0.2, 0) is 10.0 Å². The van der Waals surface area contributed by atoms with Gasteiger partial charge >= 0.3 is 0 Å². The van der Waals surface area contributed by atoms with Crippen molar-refractivity contribution in [3.8, 4) is 5.75 Å². The van der Waals surface area contributed by atoms with Crippen LogP contribution in [0.15, 0.2) is 48.7 Å². The molecule has 2 saturated heterocycles. The SMILES string of the molecule is COc1cc(N2CC3(CNC3)C2)ccc1Nc1ncc(Cl)c(Nc2ccccc2N(C)S(C)(=O)=O)n1. The van der Waals surface area contributed by atoms with E-state index < -0.39 is 10.0 Å². The molecule has 12 heteroatoms. The predicted octanol–water partition coefficient (Wildman–Crippen LogP) is 3.43. The summed E-state index contributed by atoms with van der Waals surface area (Å²) in [5.74, 6) is 1.32. The monoisotopic (exact) mass is 529 g/mol. The Labute approximate surface area is 215 Å². The van der Waals surface area contributed by atoms with Crippen molar-refractivity contribution in [2.24, 2.45) is 5.41 Å². The molecule has 10 nitrogen and oxygen atoms in total. The molecule has 0 saturated carbocycles. The van der Waals surface area contributed by atoms with E-state index in [4.69, 9.17) is 16.3 Å². The lowest BCUT2D eigenvalue weighted by atomic mass is 9.74. The summed E-state index contributed by atoms with van der Waals surface area (Å²) >= 11 is 6.37. The minimum Gasteiger partial charge on any atom is -0.494 e. The molecule has 2 aromatic carbocycles. The van der Waals surface area contributed by atoms with Crippen molar-refractivity contribution in [2.75, 3.05) is 66.4 Å². The van der Waals surface area contributed by atoms with Gasteiger partial charge in [-0.15, -0.1) is 0 Å². The van der Waals surface area contributed by atoms with E-state index in [1.54, 1.807) is 31.4 Å². The highest BCUT2D eigenvalue weighted by Crippen LogP contribution is 2.40. The lowest BCUT2D eigenvalue weighted by Gasteiger charge is -2.57. The summed E-state index contributed by atoms with van der Waals surface area (Å²) in [5, 5.41) is 9.98. The van der Waals surface area contributed by atoms with E-state index in [0.29, 0.717) is 40.0 Å². The van der Waals surface area contributed by atoms with Crippen molar-refractivity contribution in [2.45, 2.75) is 0 Å². The summed E-state index contributed by atoms with van der Waals surface area (Å²) in [6.07, 6.45) is 2.63. The Morgan fingerprint density at radius 1 is 1.14 bits per heavy atom. The lowest BCUT2D eigenvalue weighted by molar-refractivity contribution is 0.121. The van der Waals surface area contributed by atoms with Gasteiger partial charge in [0.25, 0.3) is 0 Å². The molecule has 0 atom stereocenters. The van der Waals surface area contributed by atoms with Crippen LogP contribution in [0.4, 0.5) is 34.5 Å². The molecular weight excluding hydrogens is 502 g/mol. The van der Waals surface area contributed by atoms with Crippen LogP contribution in [0.5, 0.6) is 5.75 Å². The third-order valence-corrected chi connectivity index (χ3v) is 8.06. The Kier molecular flexibility index (Phi) is 6.31. The summed E-state index contributed by atoms with van der Waals surface area (Å²) in [4.78, 5) is 11.2. The molecule has 0 bridgehead atoms. The smallest absolute Gasteiger partial charge is 0.232 e. The maximum absolute atomic E-state index is 12.1. The van der Waals surface area contributed by atoms with Gasteiger partial charge in [0.1, 0.15) is 10.8 Å². The van der Waals surface area contributed by atoms with E-state index in [1.165, 1.54) is 17.5 Å². The maximum Gasteiger partial charge on any atom is 0.232 e. The normalized spacial score (nSPS) is 16.2. The summed E-state index contributed by atoms with van der Waals surface area (Å²) in [7, 11) is -0.338. The van der Waals surface area contributed by atoms with E-state index in [0.717, 1.165) is 38.1 Å². The van der Waals surface area contributed by atoms with Gasteiger partial charge in [0.05, 0.1) is 36.6 Å². The van der Waals surface area contributed by atoms with Crippen LogP contribution in [0.3, 0.4) is 0 Å². The molecule has 2 aliphatic rings. The highest BCUT2D eigenvalue weighted by atomic mass is 35.5. The molecule has 0 radical (unpaired) electrons. The highest BCUT2D eigenvalue weighted by Gasteiger charge is 2.47. The van der Waals surface area contributed by atoms with E-state index in [2.05, 4.69) is 36.9 Å². The van der Waals surface area contributed by atoms with Gasteiger partial charge < -0.3 is 25.6 Å². The zero-order valence-corrected chi connectivity index (χ0v) is 21.8. The average Bonchev–Trinajstić information content (AvgIpc) is 2.79. The van der Waals surface area contributed by atoms with Gasteiger partial charge in [-0.1, -0.05) is 23.7 Å². The number of rotatable bonds is 8. The number of benzene rings is 2. The zero-order chi connectivity index (χ0) is 25.5. The molecular formula is C24H28ClN7O3S. The first-order valence-electron chi connectivity index (χ1n) is 11.4. The number of aromatic nitrogens is 2. The van der Waals surface area contributed by atoms with Crippen LogP contribution in [0.2, 0.25) is 5.02 Å². The van der Waals surface area contributed by atoms with Crippen LogP contribution < -0.4 is 29.9 Å². The van der Waals surface area contributed by atoms with Gasteiger partial charge in [-0.3, -0.25) is 4.31 Å². The Balaban J connectivity index is 1.36. The van der Waals surface area contributed by atoms with Crippen molar-refractivity contribution in [3.63, 3.8) is 0 Å². The third kappa shape index (κ3) is 4.73. The van der Waals surface area contributed by atoms with E-state index in [9.17, 15) is 8.42 Å². The molecule has 3 N–H and O–H groups in total. The zero-order valence-electron chi connectivity index (χ0n) is 20.2. The van der Waals surface area contributed by atoms with E-state index >= 15 is 0 Å². The largest absolute Gasteiger partial charge is 0.494 e. The molecule has 2 fully saturated rings. The van der Waals surface area contributed by atoms with Crippen molar-refractivity contribution in [3.05, 3.63) is 53.7 Å². The quantitative estimate of drug-likeness (QED) is 0.404. The predicted molar refractivity (Wildman–Crippen MR) is 144 cm³/mol. The van der Waals surface area contributed by atoms with Gasteiger partial charge in [-0.05, 0) is 24.3 Å². The van der Waals surface area contributed by atoms with Gasteiger partial charge in [0.15, 0.2) is 5.82 Å². The van der Waals surface area contributed by atoms with Crippen molar-refractivity contribution >= 4 is 56.1 Å². The molecule has 5 rings (SSSR count). The number of ether oxygens (including phenoxy) is 1. The first-order valence-corrected chi connectivity index (χ1v) is 13.6. The molecule has 0 unspecified atom stereocenters. The summed E-state index contributed by atoms with van der Waals surface area (Å²) in [6.45, 7) is 4.25. The number of hydrogen-bond acceptors (Lipinski definition) is 9. The Morgan fingerprint density at radius 2 is 1.89 bits per heavy atom. The van der Waals surface area contributed by atoms with E-state index in [-0.39, 0.29) is 5.02 Å². The highest BCUT2D eigenvalue weighted by molar-refractivity contribution is 7.92. The average molecular weight is 530 g/mol. The molecule has 3 heterocycles. The van der Waals surface area contributed by atoms with E-state index in [1.807, 2.05) is 12.1 Å². The number of hydrogen-bond donors (Lipinski definition) is 3. The molecule has 1 spiro atoms. The minimum absolute atomic E-state index is 0.289. The maximum atomic E-state index is 12.1. The molecule has 0 amide bonds. The number of sulfonamides is 1. The third-order valence-electron chi connectivity index (χ3n) is 6.59. The van der Waals surface area contributed by atoms with Gasteiger partial charge in [-0.25, -0.2) is 13.4 Å². The van der Waals surface area contributed by atoms with Crippen molar-refractivity contribution < 1.29 is 13.2 Å². The van der Waals surface area contributed by atoms with Crippen LogP contribution in [0.1, 0.15) is 0 Å². The topological polar surface area (TPSA) is 112 Å². The summed E-state index contributed by atoms with van der Waals surface area (Å²) in [6, 6.07) is 13.0. The Morgan fingerprint density at radius 3 is 2.56 bits per heavy atom. The summed E-state index contributed by atoms with van der Waals surface area (Å²) < 4.78 is 31.0. The Hall–Kier alpha value is -3.28. The molecule has 190 valence electrons. The molecule has 0 aliphatic carbocycles. The first-order chi connectivity index (χ1) is 17.2. The molecule has 2 aliphatic heterocycles. The van der Waals surface area contributed by atoms with Crippen LogP contribution in [0.25, 0.3) is 0 Å². The fraction of sp³-hybridized carbons (Fsp3) is 0.333. The molecule has 3 aromatic rings. The van der Waals surface area contributed by atoms with Gasteiger partial charge in [-0.2, -0.15) is 4.98 Å². The second-order valence-corrected chi connectivity index (χ2v) is 11.7. The summed E-state index contributed by atoms with van der Waals surface area (Å²) in [5.41, 5.74) is 3.26. The first kappa shape index (κ1) is 24.4. The number of para-hydroxylation sites is 2. The number of halogens is 1. The molecule has 36 heavy (non-hydrogen) atoms. The number of methoxy groups -OCH3 is 1. The fourth-order valence-corrected chi connectivity index (χ4v) is 5.08. The standard InChI is InChI=1S/C24H28ClN7O3S/c1-31(36(3,33)34)20-7-5-4-6-18(20)28-22-17(25)11-27-23(30-22)29-19-9-8-16(10-21(19)35-2)32-14-24(15-32)12-26-13-24/h4-11,26H,12-15H2,1-3H3,(H2,27,28,29,30). The molecule has 1 aromatic heterocycles. The number of nitrogens with one attached hydrogen (secondary N) is 3. The van der Waals surface area contributed by atoms with Crippen LogP contribution >= 0.6 is 11.6 Å². The van der Waals surface area contributed by atoms with Crippen molar-refractivity contribution in [1.82, 2.24) is 15.3 Å². The van der Waals surface area contributed by atoms with Crippen LogP contribution in [-0.4, -0.2) is 65.0 Å². The fourth-order valence-electron chi connectivity index (χ4n) is 4.42. The number of nitrogens with zero attached hydrogens (tertiary/aromatic N) is 4. The Bertz CT molecular complexity index is 1390. The lowest BCUT2D eigenvalue weighted by Crippen LogP contribution is -2.71. The second-order valence-electron chi connectivity index (χ2n) is 9.23. The van der Waals surface area contributed by atoms with Gasteiger partial charge in [0.2, 0.25) is 16.0 Å². The van der Waals surface area contributed by atoms with Crippen molar-refractivity contribution in [1.29, 1.82) is 0 Å². The number of anilines is 6. The minimum atomic E-state index is -3.45. The van der Waals surface area contributed by atoms with Gasteiger partial charge in [0, 0.05) is 50.4 Å². The van der Waals surface area contributed by atoms with Crippen LogP contribution in [0, 0.1) is 5.41 Å². The second kappa shape index (κ2) is 9.30.